The fourth-order valence-electron chi connectivity index (χ4n) is 3.83. The monoisotopic (exact) mass is 459 g/mol. The Hall–Kier alpha value is -3.33. The van der Waals surface area contributed by atoms with E-state index in [1.165, 1.54) is 34.3 Å². The van der Waals surface area contributed by atoms with Crippen LogP contribution in [0.25, 0.3) is 0 Å². The van der Waals surface area contributed by atoms with E-state index in [0.717, 1.165) is 0 Å². The van der Waals surface area contributed by atoms with Crippen LogP contribution in [0.15, 0.2) is 30.3 Å². The highest BCUT2D eigenvalue weighted by Crippen LogP contribution is 2.39. The highest BCUT2D eigenvalue weighted by Gasteiger charge is 2.21. The van der Waals surface area contributed by atoms with E-state index in [2.05, 4.69) is 10.2 Å². The number of ketones is 1. The minimum Gasteiger partial charge on any atom is -0.493 e. The maximum absolute atomic E-state index is 14.4. The average Bonchev–Trinajstić information content (AvgIpc) is 2.82. The standard InChI is InChI=1S/C24H30FN3O5/c1-16(29)17-5-6-20(19(25)13-17)28-11-9-27(10-12-28)8-7-23(30)26-18-14-21(31-2)24(33-4)22(15-18)32-3/h5-6,13-15H,7-12H2,1-4H3,(H,26,30). The van der Waals surface area contributed by atoms with Gasteiger partial charge in [0.25, 0.3) is 0 Å². The fraction of sp³-hybridized carbons (Fsp3) is 0.417. The zero-order valence-electron chi connectivity index (χ0n) is 19.4. The lowest BCUT2D eigenvalue weighted by molar-refractivity contribution is -0.116. The Balaban J connectivity index is 1.51. The van der Waals surface area contributed by atoms with Crippen LogP contribution in [0.1, 0.15) is 23.7 Å². The molecule has 1 heterocycles. The molecule has 1 saturated heterocycles. The summed E-state index contributed by atoms with van der Waals surface area (Å²) in [6.07, 6.45) is 0.318. The predicted molar refractivity (Wildman–Crippen MR) is 124 cm³/mol. The highest BCUT2D eigenvalue weighted by atomic mass is 19.1. The van der Waals surface area contributed by atoms with E-state index < -0.39 is 0 Å². The number of hydrogen-bond donors (Lipinski definition) is 1. The molecule has 0 saturated carbocycles. The van der Waals surface area contributed by atoms with Gasteiger partial charge in [0.15, 0.2) is 17.3 Å². The number of carbonyl (C=O) groups excluding carboxylic acids is 2. The first kappa shape index (κ1) is 24.3. The summed E-state index contributed by atoms with van der Waals surface area (Å²) in [4.78, 5) is 28.1. The smallest absolute Gasteiger partial charge is 0.225 e. The van der Waals surface area contributed by atoms with Gasteiger partial charge < -0.3 is 24.4 Å². The van der Waals surface area contributed by atoms with E-state index in [4.69, 9.17) is 14.2 Å². The van der Waals surface area contributed by atoms with Gasteiger partial charge in [0.1, 0.15) is 5.82 Å². The number of hydrogen-bond acceptors (Lipinski definition) is 7. The Labute approximate surface area is 193 Å². The normalized spacial score (nSPS) is 14.0. The zero-order valence-corrected chi connectivity index (χ0v) is 19.4. The van der Waals surface area contributed by atoms with Crippen molar-refractivity contribution in [1.29, 1.82) is 0 Å². The first-order valence-corrected chi connectivity index (χ1v) is 10.7. The van der Waals surface area contributed by atoms with Crippen LogP contribution in [-0.4, -0.2) is 70.6 Å². The van der Waals surface area contributed by atoms with Gasteiger partial charge in [-0.25, -0.2) is 4.39 Å². The summed E-state index contributed by atoms with van der Waals surface area (Å²) in [7, 11) is 4.56. The summed E-state index contributed by atoms with van der Waals surface area (Å²) in [5.74, 6) is 0.718. The van der Waals surface area contributed by atoms with Gasteiger partial charge in [0.05, 0.1) is 27.0 Å². The van der Waals surface area contributed by atoms with Crippen molar-refractivity contribution in [1.82, 2.24) is 4.90 Å². The summed E-state index contributed by atoms with van der Waals surface area (Å²) in [5, 5.41) is 2.87. The third kappa shape index (κ3) is 5.92. The van der Waals surface area contributed by atoms with Crippen LogP contribution < -0.4 is 24.4 Å². The third-order valence-electron chi connectivity index (χ3n) is 5.67. The SMILES string of the molecule is COc1cc(NC(=O)CCN2CCN(c3ccc(C(C)=O)cc3F)CC2)cc(OC)c1OC. The molecule has 0 spiro atoms. The number of piperazine rings is 1. The Morgan fingerprint density at radius 2 is 1.61 bits per heavy atom. The second kappa shape index (κ2) is 11.0. The summed E-state index contributed by atoms with van der Waals surface area (Å²) in [6.45, 7) is 4.73. The number of benzene rings is 2. The van der Waals surface area contributed by atoms with Crippen LogP contribution in [0.2, 0.25) is 0 Å². The molecule has 8 nitrogen and oxygen atoms in total. The maximum atomic E-state index is 14.4. The second-order valence-electron chi connectivity index (χ2n) is 7.76. The quantitative estimate of drug-likeness (QED) is 0.577. The molecule has 0 atom stereocenters. The summed E-state index contributed by atoms with van der Waals surface area (Å²) in [6, 6.07) is 7.97. The molecule has 2 aromatic carbocycles. The number of Topliss-reactive ketones (excluding diaryl/α,β-unsaturated/α-hetero) is 1. The Bertz CT molecular complexity index is 981. The lowest BCUT2D eigenvalue weighted by Gasteiger charge is -2.36. The van der Waals surface area contributed by atoms with Gasteiger partial charge in [-0.1, -0.05) is 0 Å². The molecule has 178 valence electrons. The lowest BCUT2D eigenvalue weighted by Crippen LogP contribution is -2.47. The average molecular weight is 460 g/mol. The van der Waals surface area contributed by atoms with Crippen LogP contribution in [0, 0.1) is 5.82 Å². The van der Waals surface area contributed by atoms with E-state index in [1.807, 2.05) is 4.90 Å². The number of methoxy groups -OCH3 is 3. The van der Waals surface area contributed by atoms with Crippen LogP contribution in [0.5, 0.6) is 17.2 Å². The van der Waals surface area contributed by atoms with Gasteiger partial charge in [-0.15, -0.1) is 0 Å². The first-order valence-electron chi connectivity index (χ1n) is 10.7. The molecule has 33 heavy (non-hydrogen) atoms. The lowest BCUT2D eigenvalue weighted by atomic mass is 10.1. The van der Waals surface area contributed by atoms with E-state index in [-0.39, 0.29) is 17.5 Å². The topological polar surface area (TPSA) is 80.3 Å². The molecule has 1 aliphatic rings. The molecule has 0 aromatic heterocycles. The molecule has 1 aliphatic heterocycles. The minimum absolute atomic E-state index is 0.127. The van der Waals surface area contributed by atoms with Crippen molar-refractivity contribution in [3.8, 4) is 17.2 Å². The summed E-state index contributed by atoms with van der Waals surface area (Å²) < 4.78 is 30.4. The number of halogens is 1. The molecule has 1 amide bonds. The third-order valence-corrected chi connectivity index (χ3v) is 5.67. The number of ether oxygens (including phenoxy) is 3. The van der Waals surface area contributed by atoms with Crippen LogP contribution in [0.3, 0.4) is 0 Å². The highest BCUT2D eigenvalue weighted by molar-refractivity contribution is 5.94. The van der Waals surface area contributed by atoms with Crippen molar-refractivity contribution in [3.05, 3.63) is 41.7 Å². The van der Waals surface area contributed by atoms with Gasteiger partial charge in [-0.05, 0) is 25.1 Å². The zero-order chi connectivity index (χ0) is 24.0. The number of carbonyl (C=O) groups is 2. The molecule has 2 aromatic rings. The first-order chi connectivity index (χ1) is 15.9. The van der Waals surface area contributed by atoms with Gasteiger partial charge in [-0.3, -0.25) is 14.5 Å². The van der Waals surface area contributed by atoms with Crippen molar-refractivity contribution < 1.29 is 28.2 Å². The molecular formula is C24H30FN3O5. The minimum atomic E-state index is -0.388. The van der Waals surface area contributed by atoms with E-state index in [9.17, 15) is 14.0 Å². The van der Waals surface area contributed by atoms with Crippen molar-refractivity contribution in [2.75, 3.05) is 64.3 Å². The Morgan fingerprint density at radius 1 is 0.970 bits per heavy atom. The Morgan fingerprint density at radius 3 is 2.12 bits per heavy atom. The van der Waals surface area contributed by atoms with Gasteiger partial charge in [-0.2, -0.15) is 0 Å². The molecule has 9 heteroatoms. The number of nitrogens with one attached hydrogen (secondary N) is 1. The van der Waals surface area contributed by atoms with Gasteiger partial charge >= 0.3 is 0 Å². The summed E-state index contributed by atoms with van der Waals surface area (Å²) in [5.41, 5.74) is 1.43. The molecule has 3 rings (SSSR count). The van der Waals surface area contributed by atoms with Crippen molar-refractivity contribution >= 4 is 23.1 Å². The number of anilines is 2. The molecule has 0 unspecified atom stereocenters. The van der Waals surface area contributed by atoms with Gasteiger partial charge in [0.2, 0.25) is 11.7 Å². The largest absolute Gasteiger partial charge is 0.493 e. The second-order valence-corrected chi connectivity index (χ2v) is 7.76. The Kier molecular flexibility index (Phi) is 8.11. The summed E-state index contributed by atoms with van der Waals surface area (Å²) >= 11 is 0. The van der Waals surface area contributed by atoms with Crippen molar-refractivity contribution in [2.24, 2.45) is 0 Å². The maximum Gasteiger partial charge on any atom is 0.225 e. The molecule has 0 bridgehead atoms. The number of nitrogens with zero attached hydrogens (tertiary/aromatic N) is 2. The van der Waals surface area contributed by atoms with Crippen LogP contribution in [-0.2, 0) is 4.79 Å². The molecule has 1 fully saturated rings. The number of amides is 1. The van der Waals surface area contributed by atoms with Crippen LogP contribution >= 0.6 is 0 Å². The van der Waals surface area contributed by atoms with E-state index >= 15 is 0 Å². The molecule has 0 radical (unpaired) electrons. The molecule has 0 aliphatic carbocycles. The fourth-order valence-corrected chi connectivity index (χ4v) is 3.83. The van der Waals surface area contributed by atoms with Crippen molar-refractivity contribution in [3.63, 3.8) is 0 Å². The number of rotatable bonds is 9. The molecular weight excluding hydrogens is 429 g/mol. The molecule has 1 N–H and O–H groups in total. The van der Waals surface area contributed by atoms with E-state index in [1.54, 1.807) is 24.3 Å². The van der Waals surface area contributed by atoms with Crippen LogP contribution in [0.4, 0.5) is 15.8 Å². The van der Waals surface area contributed by atoms with Gasteiger partial charge in [0, 0.05) is 62.5 Å². The van der Waals surface area contributed by atoms with E-state index in [0.29, 0.717) is 73.3 Å². The van der Waals surface area contributed by atoms with Crippen molar-refractivity contribution in [2.45, 2.75) is 13.3 Å². The predicted octanol–water partition coefficient (Wildman–Crippen LogP) is 3.20.